The third kappa shape index (κ3) is 3.24. The number of hydrogen-bond donors (Lipinski definition) is 0. The maximum Gasteiger partial charge on any atom is 0.243 e. The smallest absolute Gasteiger partial charge is 0.243 e. The maximum absolute atomic E-state index is 13.1. The van der Waals surface area contributed by atoms with E-state index in [0.717, 1.165) is 16.4 Å². The highest BCUT2D eigenvalue weighted by molar-refractivity contribution is 7.89. The van der Waals surface area contributed by atoms with Crippen LogP contribution < -0.4 is 9.80 Å². The fraction of sp³-hybridized carbons (Fsp3) is 0.444. The number of hydrogen-bond acceptors (Lipinski definition) is 6. The molecule has 0 spiro atoms. The van der Waals surface area contributed by atoms with Gasteiger partial charge >= 0.3 is 0 Å². The fourth-order valence-corrected chi connectivity index (χ4v) is 6.06. The molecule has 144 valence electrons. The number of benzene rings is 1. The van der Waals surface area contributed by atoms with Gasteiger partial charge in [-0.2, -0.15) is 4.31 Å². The normalized spacial score (nSPS) is 20.7. The highest BCUT2D eigenvalue weighted by Gasteiger charge is 2.33. The first kappa shape index (κ1) is 18.4. The monoisotopic (exact) mass is 406 g/mol. The van der Waals surface area contributed by atoms with Gasteiger partial charge in [0, 0.05) is 56.4 Å². The molecule has 0 bridgehead atoms. The van der Waals surface area contributed by atoms with Crippen molar-refractivity contribution in [3.8, 4) is 0 Å². The van der Waals surface area contributed by atoms with Gasteiger partial charge in [-0.05, 0) is 37.1 Å². The minimum atomic E-state index is -3.54. The zero-order chi connectivity index (χ0) is 19.2. The largest absolute Gasteiger partial charge is 0.345 e. The Balaban J connectivity index is 1.54. The topological polar surface area (TPSA) is 73.8 Å². The van der Waals surface area contributed by atoms with Gasteiger partial charge in [0.2, 0.25) is 15.9 Å². The molecule has 2 aromatic rings. The summed E-state index contributed by atoms with van der Waals surface area (Å²) < 4.78 is 27.7. The van der Waals surface area contributed by atoms with E-state index in [9.17, 15) is 13.2 Å². The van der Waals surface area contributed by atoms with Gasteiger partial charge in [0.15, 0.2) is 5.13 Å². The van der Waals surface area contributed by atoms with E-state index in [1.54, 1.807) is 44.9 Å². The summed E-state index contributed by atoms with van der Waals surface area (Å²) in [4.78, 5) is 20.3. The number of fused-ring (bicyclic) bond motifs is 1. The molecule has 1 saturated heterocycles. The predicted octanol–water partition coefficient (Wildman–Crippen LogP) is 1.95. The van der Waals surface area contributed by atoms with E-state index in [0.29, 0.717) is 37.5 Å². The van der Waals surface area contributed by atoms with Gasteiger partial charge in [-0.3, -0.25) is 4.79 Å². The Morgan fingerprint density at radius 2 is 1.96 bits per heavy atom. The van der Waals surface area contributed by atoms with Crippen molar-refractivity contribution in [1.29, 1.82) is 0 Å². The standard InChI is InChI=1S/C18H22N4O3S2/c1-13-11-15-12-16(3-4-17(15)22(13)14(2)23)27(24,25)21-8-6-20(7-9-21)18-19-5-10-26-18/h3-5,10,12-13H,6-9,11H2,1-2H3/t13-/m1/s1. The molecule has 2 aliphatic heterocycles. The van der Waals surface area contributed by atoms with E-state index in [-0.39, 0.29) is 11.9 Å². The van der Waals surface area contributed by atoms with Crippen LogP contribution in [-0.4, -0.2) is 55.8 Å². The lowest BCUT2D eigenvalue weighted by atomic mass is 10.1. The van der Waals surface area contributed by atoms with Crippen molar-refractivity contribution in [1.82, 2.24) is 9.29 Å². The molecule has 3 heterocycles. The number of aromatic nitrogens is 1. The molecule has 4 rings (SSSR count). The SMILES string of the molecule is CC(=O)N1c2ccc(S(=O)(=O)N3CCN(c4nccs4)CC3)cc2C[C@H]1C. The first-order chi connectivity index (χ1) is 12.9. The number of rotatable bonds is 3. The van der Waals surface area contributed by atoms with Gasteiger partial charge < -0.3 is 9.80 Å². The fourth-order valence-electron chi connectivity index (χ4n) is 3.89. The molecule has 2 aliphatic rings. The Kier molecular flexibility index (Phi) is 4.69. The molecule has 9 heteroatoms. The Morgan fingerprint density at radius 3 is 2.59 bits per heavy atom. The second-order valence-electron chi connectivity index (χ2n) is 6.94. The minimum absolute atomic E-state index is 0.0184. The van der Waals surface area contributed by atoms with Gasteiger partial charge in [-0.25, -0.2) is 13.4 Å². The Labute approximate surface area is 163 Å². The lowest BCUT2D eigenvalue weighted by Crippen LogP contribution is -2.48. The van der Waals surface area contributed by atoms with Crippen molar-refractivity contribution in [2.24, 2.45) is 0 Å². The summed E-state index contributed by atoms with van der Waals surface area (Å²) in [6, 6.07) is 5.17. The number of sulfonamides is 1. The van der Waals surface area contributed by atoms with Crippen LogP contribution in [0, 0.1) is 0 Å². The summed E-state index contributed by atoms with van der Waals surface area (Å²) in [6.07, 6.45) is 2.44. The second kappa shape index (κ2) is 6.88. The van der Waals surface area contributed by atoms with Crippen LogP contribution in [-0.2, 0) is 21.2 Å². The molecule has 1 aromatic carbocycles. The molecular weight excluding hydrogens is 384 g/mol. The molecule has 1 fully saturated rings. The summed E-state index contributed by atoms with van der Waals surface area (Å²) in [6.45, 7) is 5.66. The molecule has 27 heavy (non-hydrogen) atoms. The van der Waals surface area contributed by atoms with E-state index in [2.05, 4.69) is 9.88 Å². The van der Waals surface area contributed by atoms with E-state index in [1.165, 1.54) is 6.92 Å². The first-order valence-electron chi connectivity index (χ1n) is 8.95. The molecule has 0 N–H and O–H groups in total. The summed E-state index contributed by atoms with van der Waals surface area (Å²) in [5.74, 6) is -0.0184. The minimum Gasteiger partial charge on any atom is -0.345 e. The van der Waals surface area contributed by atoms with Crippen molar-refractivity contribution in [2.75, 3.05) is 36.0 Å². The molecule has 0 unspecified atom stereocenters. The predicted molar refractivity (Wildman–Crippen MR) is 106 cm³/mol. The van der Waals surface area contributed by atoms with Crippen LogP contribution in [0.2, 0.25) is 0 Å². The van der Waals surface area contributed by atoms with Gasteiger partial charge in [0.25, 0.3) is 0 Å². The molecule has 0 radical (unpaired) electrons. The van der Waals surface area contributed by atoms with Crippen LogP contribution in [0.15, 0.2) is 34.7 Å². The molecule has 1 amide bonds. The van der Waals surface area contributed by atoms with E-state index in [4.69, 9.17) is 0 Å². The maximum atomic E-state index is 13.1. The lowest BCUT2D eigenvalue weighted by molar-refractivity contribution is -0.116. The quantitative estimate of drug-likeness (QED) is 0.779. The zero-order valence-corrected chi connectivity index (χ0v) is 17.0. The summed E-state index contributed by atoms with van der Waals surface area (Å²) in [5.41, 5.74) is 1.74. The third-order valence-corrected chi connectivity index (χ3v) is 7.90. The number of anilines is 2. The van der Waals surface area contributed by atoms with Crippen LogP contribution in [0.5, 0.6) is 0 Å². The highest BCUT2D eigenvalue weighted by atomic mass is 32.2. The van der Waals surface area contributed by atoms with Gasteiger partial charge in [-0.1, -0.05) is 0 Å². The molecule has 0 aliphatic carbocycles. The van der Waals surface area contributed by atoms with Crippen molar-refractivity contribution in [3.05, 3.63) is 35.3 Å². The van der Waals surface area contributed by atoms with Crippen LogP contribution >= 0.6 is 11.3 Å². The van der Waals surface area contributed by atoms with Crippen LogP contribution in [0.25, 0.3) is 0 Å². The molecule has 1 aromatic heterocycles. The number of carbonyl (C=O) groups excluding carboxylic acids is 1. The second-order valence-corrected chi connectivity index (χ2v) is 9.75. The van der Waals surface area contributed by atoms with Crippen molar-refractivity contribution in [2.45, 2.75) is 31.2 Å². The van der Waals surface area contributed by atoms with Crippen molar-refractivity contribution < 1.29 is 13.2 Å². The number of piperazine rings is 1. The van der Waals surface area contributed by atoms with Crippen molar-refractivity contribution in [3.63, 3.8) is 0 Å². The summed E-state index contributed by atoms with van der Waals surface area (Å²) in [5, 5.41) is 2.86. The molecule has 0 saturated carbocycles. The molecule has 7 nitrogen and oxygen atoms in total. The Hall–Kier alpha value is -1.97. The highest BCUT2D eigenvalue weighted by Crippen LogP contribution is 2.34. The average Bonchev–Trinajstić information content (AvgIpc) is 3.28. The lowest BCUT2D eigenvalue weighted by Gasteiger charge is -2.33. The van der Waals surface area contributed by atoms with Crippen LogP contribution in [0.3, 0.4) is 0 Å². The molecular formula is C18H22N4O3S2. The number of nitrogens with zero attached hydrogens (tertiary/aromatic N) is 4. The Morgan fingerprint density at radius 1 is 1.22 bits per heavy atom. The number of thiazole rings is 1. The van der Waals surface area contributed by atoms with Gasteiger partial charge in [0.05, 0.1) is 4.90 Å². The third-order valence-electron chi connectivity index (χ3n) is 5.17. The summed E-state index contributed by atoms with van der Waals surface area (Å²) in [7, 11) is -3.54. The van der Waals surface area contributed by atoms with Crippen LogP contribution in [0.4, 0.5) is 10.8 Å². The zero-order valence-electron chi connectivity index (χ0n) is 15.3. The van der Waals surface area contributed by atoms with E-state index >= 15 is 0 Å². The van der Waals surface area contributed by atoms with E-state index < -0.39 is 10.0 Å². The van der Waals surface area contributed by atoms with Gasteiger partial charge in [0.1, 0.15) is 0 Å². The average molecular weight is 407 g/mol. The van der Waals surface area contributed by atoms with Gasteiger partial charge in [-0.15, -0.1) is 11.3 Å². The molecule has 1 atom stereocenters. The number of amides is 1. The van der Waals surface area contributed by atoms with E-state index in [1.807, 2.05) is 12.3 Å². The Bertz CT molecular complexity index is 951. The number of carbonyl (C=O) groups is 1. The van der Waals surface area contributed by atoms with Crippen molar-refractivity contribution >= 4 is 38.1 Å². The van der Waals surface area contributed by atoms with Crippen LogP contribution in [0.1, 0.15) is 19.4 Å². The summed E-state index contributed by atoms with van der Waals surface area (Å²) >= 11 is 1.57. The first-order valence-corrected chi connectivity index (χ1v) is 11.3.